The molecule has 4 aromatic rings. The van der Waals surface area contributed by atoms with Gasteiger partial charge >= 0.3 is 12.1 Å². The monoisotopic (exact) mass is 474 g/mol. The van der Waals surface area contributed by atoms with Crippen LogP contribution in [0.4, 0.5) is 19.1 Å². The number of benzene rings is 1. The van der Waals surface area contributed by atoms with Crippen molar-refractivity contribution < 1.29 is 23.0 Å². The van der Waals surface area contributed by atoms with Gasteiger partial charge in [0, 0.05) is 11.8 Å². The average molecular weight is 474 g/mol. The fraction of sp³-hybridized carbons (Fsp3) is 0.250. The van der Waals surface area contributed by atoms with Crippen LogP contribution >= 0.6 is 0 Å². The Balaban J connectivity index is 1.50. The molecule has 3 heterocycles. The Labute approximate surface area is 187 Å². The SMILES string of the molecule is O=c1[nH]c(O)c(C=c2cnn3c(=NC4CC4)nc(NCc4cccc(OC(F)(F)F)c4)nc23)[nH]1. The maximum absolute atomic E-state index is 12.5. The Hall–Kier alpha value is -4.36. The Morgan fingerprint density at radius 3 is 2.82 bits per heavy atom. The zero-order chi connectivity index (χ0) is 23.9. The summed E-state index contributed by atoms with van der Waals surface area (Å²) >= 11 is 0. The first kappa shape index (κ1) is 21.5. The number of fused-ring (bicyclic) bond motifs is 1. The van der Waals surface area contributed by atoms with Gasteiger partial charge in [-0.2, -0.15) is 19.6 Å². The van der Waals surface area contributed by atoms with Crippen LogP contribution in [0.1, 0.15) is 24.1 Å². The zero-order valence-corrected chi connectivity index (χ0v) is 17.3. The molecule has 1 aliphatic carbocycles. The van der Waals surface area contributed by atoms with Crippen LogP contribution in [0.2, 0.25) is 0 Å². The number of anilines is 1. The highest BCUT2D eigenvalue weighted by Crippen LogP contribution is 2.24. The van der Waals surface area contributed by atoms with Crippen LogP contribution in [0.3, 0.4) is 0 Å². The van der Waals surface area contributed by atoms with Crippen LogP contribution in [0, 0.1) is 0 Å². The van der Waals surface area contributed by atoms with Crippen molar-refractivity contribution in [3.63, 3.8) is 0 Å². The van der Waals surface area contributed by atoms with E-state index in [4.69, 9.17) is 0 Å². The van der Waals surface area contributed by atoms with Crippen molar-refractivity contribution in [1.82, 2.24) is 29.5 Å². The second-order valence-corrected chi connectivity index (χ2v) is 7.58. The Morgan fingerprint density at radius 2 is 2.12 bits per heavy atom. The quantitative estimate of drug-likeness (QED) is 0.326. The number of rotatable bonds is 6. The van der Waals surface area contributed by atoms with E-state index < -0.39 is 12.1 Å². The number of halogens is 3. The normalized spacial score (nSPS) is 15.3. The minimum Gasteiger partial charge on any atom is -0.493 e. The maximum Gasteiger partial charge on any atom is 0.573 e. The number of alkyl halides is 3. The van der Waals surface area contributed by atoms with E-state index in [9.17, 15) is 23.1 Å². The number of aromatic hydroxyl groups is 1. The van der Waals surface area contributed by atoms with Crippen molar-refractivity contribution in [3.8, 4) is 11.6 Å². The summed E-state index contributed by atoms with van der Waals surface area (Å²) in [4.78, 5) is 29.5. The molecule has 1 fully saturated rings. The van der Waals surface area contributed by atoms with Crippen LogP contribution < -0.4 is 26.6 Å². The fourth-order valence-electron chi connectivity index (χ4n) is 3.19. The molecular formula is C20H17F3N8O3. The first-order valence-corrected chi connectivity index (χ1v) is 10.1. The molecule has 14 heteroatoms. The second kappa shape index (κ2) is 8.20. The molecule has 11 nitrogen and oxygen atoms in total. The average Bonchev–Trinajstić information content (AvgIpc) is 3.40. The van der Waals surface area contributed by atoms with Gasteiger partial charge in [-0.1, -0.05) is 12.1 Å². The third-order valence-electron chi connectivity index (χ3n) is 4.84. The largest absolute Gasteiger partial charge is 0.573 e. The lowest BCUT2D eigenvalue weighted by atomic mass is 10.2. The summed E-state index contributed by atoms with van der Waals surface area (Å²) in [6, 6.07) is 5.68. The Bertz CT molecular complexity index is 1540. The molecular weight excluding hydrogens is 457 g/mol. The lowest BCUT2D eigenvalue weighted by Crippen LogP contribution is -2.24. The van der Waals surface area contributed by atoms with Gasteiger partial charge in [-0.3, -0.25) is 4.98 Å². The molecule has 0 spiro atoms. The van der Waals surface area contributed by atoms with Crippen molar-refractivity contribution in [2.24, 2.45) is 4.99 Å². The van der Waals surface area contributed by atoms with Crippen molar-refractivity contribution in [2.45, 2.75) is 31.8 Å². The molecule has 0 bridgehead atoms. The summed E-state index contributed by atoms with van der Waals surface area (Å²) < 4.78 is 42.9. The number of H-pyrrole nitrogens is 2. The second-order valence-electron chi connectivity index (χ2n) is 7.58. The number of nitrogens with one attached hydrogen (secondary N) is 3. The highest BCUT2D eigenvalue weighted by molar-refractivity contribution is 5.57. The van der Waals surface area contributed by atoms with E-state index in [1.165, 1.54) is 35.0 Å². The molecule has 5 rings (SSSR count). The van der Waals surface area contributed by atoms with Crippen LogP contribution in [-0.2, 0) is 6.54 Å². The van der Waals surface area contributed by atoms with Gasteiger partial charge in [-0.05, 0) is 36.6 Å². The summed E-state index contributed by atoms with van der Waals surface area (Å²) in [7, 11) is 0. The first-order valence-electron chi connectivity index (χ1n) is 10.1. The molecule has 3 aromatic heterocycles. The number of ether oxygens (including phenoxy) is 1. The molecule has 0 amide bonds. The number of hydrogen-bond donors (Lipinski definition) is 4. The molecule has 176 valence electrons. The third-order valence-corrected chi connectivity index (χ3v) is 4.84. The zero-order valence-electron chi connectivity index (χ0n) is 17.3. The molecule has 0 atom stereocenters. The smallest absolute Gasteiger partial charge is 0.493 e. The Kier molecular flexibility index (Phi) is 5.18. The number of nitrogens with zero attached hydrogens (tertiary/aromatic N) is 5. The van der Waals surface area contributed by atoms with E-state index in [1.54, 1.807) is 6.07 Å². The molecule has 0 radical (unpaired) electrons. The topological polar surface area (TPSA) is 146 Å². The molecule has 0 saturated heterocycles. The van der Waals surface area contributed by atoms with E-state index in [0.717, 1.165) is 12.8 Å². The lowest BCUT2D eigenvalue weighted by Gasteiger charge is -2.10. The van der Waals surface area contributed by atoms with E-state index in [1.807, 2.05) is 0 Å². The lowest BCUT2D eigenvalue weighted by molar-refractivity contribution is -0.274. The molecule has 1 saturated carbocycles. The van der Waals surface area contributed by atoms with Crippen LogP contribution in [0.25, 0.3) is 11.7 Å². The summed E-state index contributed by atoms with van der Waals surface area (Å²) in [5, 5.41) is 17.6. The maximum atomic E-state index is 12.5. The van der Waals surface area contributed by atoms with Gasteiger partial charge in [0.05, 0.1) is 12.2 Å². The van der Waals surface area contributed by atoms with Gasteiger partial charge < -0.3 is 20.1 Å². The third kappa shape index (κ3) is 4.84. The van der Waals surface area contributed by atoms with Crippen LogP contribution in [0.15, 0.2) is 40.2 Å². The standard InChI is InChI=1S/C20H17F3N8O3/c21-20(22,23)34-13-3-1-2-10(6-13)8-24-17-28-15-11(7-14-16(32)29-19(33)27-14)9-25-31(15)18(30-17)26-12-4-5-12/h1-3,6-7,9,12,32H,4-5,8H2,(H,24,26,30)(H2,27,29,33). The first-order chi connectivity index (χ1) is 16.2. The van der Waals surface area contributed by atoms with Gasteiger partial charge in [-0.25, -0.2) is 9.79 Å². The molecule has 1 aliphatic rings. The van der Waals surface area contributed by atoms with Crippen LogP contribution in [0.5, 0.6) is 11.6 Å². The van der Waals surface area contributed by atoms with Gasteiger partial charge in [0.2, 0.25) is 11.8 Å². The van der Waals surface area contributed by atoms with Crippen LogP contribution in [-0.4, -0.2) is 47.1 Å². The van der Waals surface area contributed by atoms with E-state index in [0.29, 0.717) is 22.0 Å². The molecule has 0 unspecified atom stereocenters. The molecule has 34 heavy (non-hydrogen) atoms. The predicted octanol–water partition coefficient (Wildman–Crippen LogP) is 0.968. The summed E-state index contributed by atoms with van der Waals surface area (Å²) in [5.41, 5.74) is 0.748. The van der Waals surface area contributed by atoms with E-state index in [-0.39, 0.29) is 35.9 Å². The highest BCUT2D eigenvalue weighted by Gasteiger charge is 2.31. The minimum atomic E-state index is -4.79. The fourth-order valence-corrected chi connectivity index (χ4v) is 3.19. The molecule has 4 N–H and O–H groups in total. The highest BCUT2D eigenvalue weighted by atomic mass is 19.4. The van der Waals surface area contributed by atoms with Gasteiger partial charge in [-0.15, -0.1) is 13.2 Å². The minimum absolute atomic E-state index is 0.118. The van der Waals surface area contributed by atoms with E-state index in [2.05, 4.69) is 40.1 Å². The van der Waals surface area contributed by atoms with Crippen molar-refractivity contribution in [3.05, 3.63) is 63.0 Å². The number of hydrogen-bond acceptors (Lipinski definition) is 8. The predicted molar refractivity (Wildman–Crippen MR) is 112 cm³/mol. The van der Waals surface area contributed by atoms with Gasteiger partial charge in [0.1, 0.15) is 11.4 Å². The summed E-state index contributed by atoms with van der Waals surface area (Å²) in [6.45, 7) is 0.118. The van der Waals surface area contributed by atoms with Crippen molar-refractivity contribution in [2.75, 3.05) is 5.32 Å². The number of aromatic nitrogens is 6. The van der Waals surface area contributed by atoms with E-state index >= 15 is 0 Å². The molecule has 1 aromatic carbocycles. The Morgan fingerprint density at radius 1 is 1.29 bits per heavy atom. The van der Waals surface area contributed by atoms with Crippen molar-refractivity contribution >= 4 is 17.7 Å². The number of imidazole rings is 1. The summed E-state index contributed by atoms with van der Waals surface area (Å²) in [5.74, 6) is -0.489. The number of aromatic amines is 2. The van der Waals surface area contributed by atoms with Gasteiger partial charge in [0.15, 0.2) is 5.65 Å². The van der Waals surface area contributed by atoms with Crippen molar-refractivity contribution in [1.29, 1.82) is 0 Å². The molecule has 0 aliphatic heterocycles. The van der Waals surface area contributed by atoms with Gasteiger partial charge in [0.25, 0.3) is 5.62 Å². The summed E-state index contributed by atoms with van der Waals surface area (Å²) in [6.07, 6.45) is 0.0536.